The number of carbonyl (C=O) groups is 3. The lowest BCUT2D eigenvalue weighted by Crippen LogP contribution is -2.50. The molecule has 216 valence electrons. The van der Waals surface area contributed by atoms with Gasteiger partial charge < -0.3 is 25.7 Å². The maximum Gasteiger partial charge on any atom is 0.253 e. The van der Waals surface area contributed by atoms with Gasteiger partial charge in [0, 0.05) is 49.1 Å². The number of benzene rings is 1. The number of rotatable bonds is 17. The highest BCUT2D eigenvalue weighted by Gasteiger charge is 2.27. The van der Waals surface area contributed by atoms with Crippen molar-refractivity contribution in [3.8, 4) is 0 Å². The van der Waals surface area contributed by atoms with Gasteiger partial charge in [-0.3, -0.25) is 14.4 Å². The van der Waals surface area contributed by atoms with E-state index in [0.29, 0.717) is 49.0 Å². The minimum atomic E-state index is -0.526. The Hall–Kier alpha value is -3.20. The summed E-state index contributed by atoms with van der Waals surface area (Å²) in [6, 6.07) is 5.70. The fraction of sp³-hybridized carbons (Fsp3) is 0.600. The third kappa shape index (κ3) is 10.1. The van der Waals surface area contributed by atoms with Crippen LogP contribution in [0.25, 0.3) is 0 Å². The number of aromatic nitrogens is 1. The number of carbonyl (C=O) groups excluding carboxylic acids is 3. The molecule has 0 spiro atoms. The second-order valence-corrected chi connectivity index (χ2v) is 10.3. The molecule has 0 unspecified atom stereocenters. The van der Waals surface area contributed by atoms with E-state index in [-0.39, 0.29) is 30.1 Å². The first-order valence-corrected chi connectivity index (χ1v) is 14.4. The molecule has 0 bridgehead atoms. The Kier molecular flexibility index (Phi) is 13.7. The summed E-state index contributed by atoms with van der Waals surface area (Å²) < 4.78 is 5.42. The van der Waals surface area contributed by atoms with Gasteiger partial charge in [-0.2, -0.15) is 0 Å². The van der Waals surface area contributed by atoms with Crippen molar-refractivity contribution in [2.45, 2.75) is 85.2 Å². The van der Waals surface area contributed by atoms with Crippen molar-refractivity contribution in [2.24, 2.45) is 17.6 Å². The van der Waals surface area contributed by atoms with Gasteiger partial charge in [-0.05, 0) is 43.4 Å². The van der Waals surface area contributed by atoms with Crippen LogP contribution in [0.2, 0.25) is 0 Å². The quantitative estimate of drug-likeness (QED) is 0.275. The summed E-state index contributed by atoms with van der Waals surface area (Å²) in [4.78, 5) is 45.1. The molecular weight excluding hydrogens is 494 g/mol. The fourth-order valence-electron chi connectivity index (χ4n) is 4.61. The minimum absolute atomic E-state index is 0.0477. The van der Waals surface area contributed by atoms with Crippen LogP contribution >= 0.6 is 0 Å². The van der Waals surface area contributed by atoms with E-state index in [1.807, 2.05) is 25.7 Å². The third-order valence-corrected chi connectivity index (χ3v) is 7.15. The molecule has 0 fully saturated rings. The number of hydrogen-bond donors (Lipinski definition) is 3. The van der Waals surface area contributed by atoms with E-state index in [2.05, 4.69) is 29.5 Å². The monoisotopic (exact) mass is 541 g/mol. The number of oxazole rings is 1. The maximum absolute atomic E-state index is 13.3. The van der Waals surface area contributed by atoms with E-state index in [9.17, 15) is 14.4 Å². The fourth-order valence-corrected chi connectivity index (χ4v) is 4.61. The molecule has 39 heavy (non-hydrogen) atoms. The molecule has 2 rings (SSSR count). The van der Waals surface area contributed by atoms with Crippen molar-refractivity contribution in [3.63, 3.8) is 0 Å². The normalized spacial score (nSPS) is 13.5. The van der Waals surface area contributed by atoms with Crippen molar-refractivity contribution in [1.82, 2.24) is 20.5 Å². The molecule has 2 aromatic rings. The van der Waals surface area contributed by atoms with Gasteiger partial charge in [-0.25, -0.2) is 4.98 Å². The van der Waals surface area contributed by atoms with E-state index in [1.54, 1.807) is 30.5 Å². The number of amides is 3. The highest BCUT2D eigenvalue weighted by molar-refractivity contribution is 5.99. The summed E-state index contributed by atoms with van der Waals surface area (Å²) in [7, 11) is 0. The Morgan fingerprint density at radius 3 is 2.31 bits per heavy atom. The second kappa shape index (κ2) is 16.7. The van der Waals surface area contributed by atoms with Crippen LogP contribution in [-0.4, -0.2) is 59.3 Å². The van der Waals surface area contributed by atoms with Crippen molar-refractivity contribution in [3.05, 3.63) is 53.7 Å². The first-order valence-electron chi connectivity index (χ1n) is 14.4. The molecule has 4 N–H and O–H groups in total. The molecule has 9 nitrogen and oxygen atoms in total. The standard InChI is InChI=1S/C30H47N5O4/c1-6-14-35(15-7-2)30(38)24-12-10-11-23(18-24)29(37)34-26(19-27-32-13-16-39-27)25(31)17-21(5)28(36)33-20-22(8-3)9-4/h10-13,16,18,21-22,25-26H,6-9,14-15,17,19-20,31H2,1-5H3,(H,33,36)(H,34,37)/t21-,25+,26+/m1/s1. The summed E-state index contributed by atoms with van der Waals surface area (Å²) in [5.74, 6) is 0.0800. The van der Waals surface area contributed by atoms with Gasteiger partial charge in [0.25, 0.3) is 11.8 Å². The highest BCUT2D eigenvalue weighted by atomic mass is 16.3. The van der Waals surface area contributed by atoms with Crippen LogP contribution in [0.1, 0.15) is 93.3 Å². The Morgan fingerprint density at radius 1 is 1.05 bits per heavy atom. The average molecular weight is 542 g/mol. The molecule has 3 amide bonds. The lowest BCUT2D eigenvalue weighted by molar-refractivity contribution is -0.125. The van der Waals surface area contributed by atoms with E-state index in [0.717, 1.165) is 25.7 Å². The van der Waals surface area contributed by atoms with Crippen LogP contribution in [0, 0.1) is 11.8 Å². The summed E-state index contributed by atoms with van der Waals surface area (Å²) in [6.45, 7) is 12.1. The first-order chi connectivity index (χ1) is 18.7. The zero-order chi connectivity index (χ0) is 28.8. The Bertz CT molecular complexity index is 1020. The SMILES string of the molecule is CCCN(CCC)C(=O)c1cccc(C(=O)N[C@@H](Cc2ncco2)[C@@H](N)C[C@@H](C)C(=O)NCC(CC)CC)c1. The van der Waals surface area contributed by atoms with Crippen molar-refractivity contribution in [1.29, 1.82) is 0 Å². The smallest absolute Gasteiger partial charge is 0.253 e. The summed E-state index contributed by atoms with van der Waals surface area (Å²) >= 11 is 0. The topological polar surface area (TPSA) is 131 Å². The van der Waals surface area contributed by atoms with Crippen molar-refractivity contribution in [2.75, 3.05) is 19.6 Å². The van der Waals surface area contributed by atoms with Crippen LogP contribution in [0.4, 0.5) is 0 Å². The Balaban J connectivity index is 2.14. The van der Waals surface area contributed by atoms with Gasteiger partial charge in [0.1, 0.15) is 6.26 Å². The van der Waals surface area contributed by atoms with Crippen LogP contribution in [0.15, 0.2) is 41.1 Å². The van der Waals surface area contributed by atoms with Crippen LogP contribution in [-0.2, 0) is 11.2 Å². The Morgan fingerprint density at radius 2 is 1.72 bits per heavy atom. The van der Waals surface area contributed by atoms with E-state index in [1.165, 1.54) is 6.26 Å². The molecule has 0 saturated heterocycles. The second-order valence-electron chi connectivity index (χ2n) is 10.3. The maximum atomic E-state index is 13.3. The van der Waals surface area contributed by atoms with E-state index in [4.69, 9.17) is 10.2 Å². The van der Waals surface area contributed by atoms with E-state index < -0.39 is 12.1 Å². The lowest BCUT2D eigenvalue weighted by Gasteiger charge is -2.27. The summed E-state index contributed by atoms with van der Waals surface area (Å²) in [6.07, 6.45) is 7.42. The number of nitrogens with zero attached hydrogens (tertiary/aromatic N) is 2. The van der Waals surface area contributed by atoms with Gasteiger partial charge >= 0.3 is 0 Å². The molecule has 0 aliphatic heterocycles. The Labute approximate surface area is 233 Å². The van der Waals surface area contributed by atoms with Gasteiger partial charge in [-0.1, -0.05) is 53.5 Å². The molecule has 9 heteroatoms. The predicted octanol–water partition coefficient (Wildman–Crippen LogP) is 4.18. The predicted molar refractivity (Wildman–Crippen MR) is 153 cm³/mol. The highest BCUT2D eigenvalue weighted by Crippen LogP contribution is 2.15. The molecular formula is C30H47N5O4. The average Bonchev–Trinajstić information content (AvgIpc) is 3.45. The summed E-state index contributed by atoms with van der Waals surface area (Å²) in [5, 5.41) is 6.05. The lowest BCUT2D eigenvalue weighted by atomic mass is 9.93. The van der Waals surface area contributed by atoms with Crippen LogP contribution < -0.4 is 16.4 Å². The molecule has 0 aliphatic rings. The number of nitrogens with one attached hydrogen (secondary N) is 2. The van der Waals surface area contributed by atoms with Crippen LogP contribution in [0.5, 0.6) is 0 Å². The molecule has 0 aliphatic carbocycles. The largest absolute Gasteiger partial charge is 0.449 e. The number of hydrogen-bond acceptors (Lipinski definition) is 6. The van der Waals surface area contributed by atoms with Gasteiger partial charge in [0.2, 0.25) is 5.91 Å². The van der Waals surface area contributed by atoms with Gasteiger partial charge in [0.15, 0.2) is 5.89 Å². The first kappa shape index (κ1) is 32.0. The zero-order valence-corrected chi connectivity index (χ0v) is 24.2. The summed E-state index contributed by atoms with van der Waals surface area (Å²) in [5.41, 5.74) is 7.41. The molecule has 0 saturated carbocycles. The molecule has 1 aromatic carbocycles. The number of nitrogens with two attached hydrogens (primary N) is 1. The zero-order valence-electron chi connectivity index (χ0n) is 24.2. The molecule has 1 heterocycles. The van der Waals surface area contributed by atoms with Crippen molar-refractivity contribution < 1.29 is 18.8 Å². The van der Waals surface area contributed by atoms with E-state index >= 15 is 0 Å². The molecule has 0 radical (unpaired) electrons. The van der Waals surface area contributed by atoms with Crippen LogP contribution in [0.3, 0.4) is 0 Å². The molecule has 3 atom stereocenters. The minimum Gasteiger partial charge on any atom is -0.449 e. The van der Waals surface area contributed by atoms with Crippen molar-refractivity contribution >= 4 is 17.7 Å². The van der Waals surface area contributed by atoms with Gasteiger partial charge in [0.05, 0.1) is 12.2 Å². The molecule has 1 aromatic heterocycles. The van der Waals surface area contributed by atoms with Gasteiger partial charge in [-0.15, -0.1) is 0 Å². The third-order valence-electron chi connectivity index (χ3n) is 7.15.